The summed E-state index contributed by atoms with van der Waals surface area (Å²) < 4.78 is 0. The van der Waals surface area contributed by atoms with Crippen LogP contribution in [-0.4, -0.2) is 29.9 Å². The molecule has 1 aliphatic heterocycles. The summed E-state index contributed by atoms with van der Waals surface area (Å²) in [6.45, 7) is 3.47. The summed E-state index contributed by atoms with van der Waals surface area (Å²) in [7, 11) is 0. The smallest absolute Gasteiger partial charge is 0.246 e. The Hall–Kier alpha value is -1.32. The molecule has 25 heavy (non-hydrogen) atoms. The minimum atomic E-state index is -0.0467. The van der Waals surface area contributed by atoms with Gasteiger partial charge in [0.15, 0.2) is 5.96 Å². The van der Waals surface area contributed by atoms with Crippen LogP contribution >= 0.6 is 0 Å². The molecule has 1 rings (SSSR count). The van der Waals surface area contributed by atoms with Crippen molar-refractivity contribution in [2.24, 2.45) is 0 Å². The third kappa shape index (κ3) is 11.8. The lowest BCUT2D eigenvalue weighted by Crippen LogP contribution is -2.29. The van der Waals surface area contributed by atoms with Gasteiger partial charge in [-0.05, 0) is 32.1 Å². The van der Waals surface area contributed by atoms with Crippen molar-refractivity contribution >= 4 is 11.9 Å². The highest BCUT2D eigenvalue weighted by Gasteiger charge is 2.22. The van der Waals surface area contributed by atoms with Crippen molar-refractivity contribution in [3.63, 3.8) is 0 Å². The van der Waals surface area contributed by atoms with Crippen LogP contribution in [0.1, 0.15) is 96.8 Å². The maximum atomic E-state index is 11.1. The van der Waals surface area contributed by atoms with Gasteiger partial charge in [0.2, 0.25) is 5.91 Å². The van der Waals surface area contributed by atoms with Crippen LogP contribution < -0.4 is 5.32 Å². The normalized spacial score (nSPS) is 14.7. The van der Waals surface area contributed by atoms with Gasteiger partial charge in [0.25, 0.3) is 0 Å². The summed E-state index contributed by atoms with van der Waals surface area (Å²) in [6.07, 6.45) is 23.0. The van der Waals surface area contributed by atoms with E-state index >= 15 is 0 Å². The number of guanidine groups is 1. The fourth-order valence-electron chi connectivity index (χ4n) is 3.24. The molecule has 0 saturated carbocycles. The Morgan fingerprint density at radius 3 is 1.92 bits per heavy atom. The SMILES string of the molecule is CCCCCCCC/C=C\CCCCCCCCN1CC(=O)NC1=N. The predicted molar refractivity (Wildman–Crippen MR) is 107 cm³/mol. The molecule has 1 heterocycles. The first-order valence-corrected chi connectivity index (χ1v) is 10.5. The summed E-state index contributed by atoms with van der Waals surface area (Å²) in [6, 6.07) is 0. The number of hydrogen-bond donors (Lipinski definition) is 2. The van der Waals surface area contributed by atoms with Gasteiger partial charge < -0.3 is 4.90 Å². The van der Waals surface area contributed by atoms with Crippen molar-refractivity contribution in [1.29, 1.82) is 5.41 Å². The topological polar surface area (TPSA) is 56.2 Å². The van der Waals surface area contributed by atoms with E-state index in [-0.39, 0.29) is 11.9 Å². The van der Waals surface area contributed by atoms with E-state index in [0.717, 1.165) is 13.0 Å². The fraction of sp³-hybridized carbons (Fsp3) is 0.810. The molecule has 1 aliphatic rings. The zero-order valence-electron chi connectivity index (χ0n) is 16.3. The van der Waals surface area contributed by atoms with E-state index in [1.54, 1.807) is 0 Å². The van der Waals surface area contributed by atoms with Crippen molar-refractivity contribution in [3.05, 3.63) is 12.2 Å². The van der Waals surface area contributed by atoms with Crippen LogP contribution in [0.15, 0.2) is 12.2 Å². The van der Waals surface area contributed by atoms with Gasteiger partial charge >= 0.3 is 0 Å². The second-order valence-electron chi connectivity index (χ2n) is 7.26. The van der Waals surface area contributed by atoms with Crippen LogP contribution in [-0.2, 0) is 4.79 Å². The number of unbranched alkanes of at least 4 members (excludes halogenated alkanes) is 12. The zero-order chi connectivity index (χ0) is 18.2. The molecule has 0 unspecified atom stereocenters. The minimum Gasteiger partial charge on any atom is -0.334 e. The van der Waals surface area contributed by atoms with E-state index in [0.29, 0.717) is 6.54 Å². The third-order valence-corrected chi connectivity index (χ3v) is 4.85. The lowest BCUT2D eigenvalue weighted by molar-refractivity contribution is -0.118. The van der Waals surface area contributed by atoms with E-state index in [1.807, 2.05) is 4.90 Å². The molecule has 0 spiro atoms. The molecule has 0 aromatic carbocycles. The fourth-order valence-corrected chi connectivity index (χ4v) is 3.24. The van der Waals surface area contributed by atoms with Crippen LogP contribution in [0, 0.1) is 5.41 Å². The van der Waals surface area contributed by atoms with Crippen molar-refractivity contribution in [1.82, 2.24) is 10.2 Å². The minimum absolute atomic E-state index is 0.0467. The first-order chi connectivity index (χ1) is 12.2. The van der Waals surface area contributed by atoms with Gasteiger partial charge in [-0.15, -0.1) is 0 Å². The molecular weight excluding hydrogens is 310 g/mol. The second kappa shape index (κ2) is 15.0. The average molecular weight is 350 g/mol. The van der Waals surface area contributed by atoms with Crippen molar-refractivity contribution < 1.29 is 4.79 Å². The highest BCUT2D eigenvalue weighted by Crippen LogP contribution is 2.10. The lowest BCUT2D eigenvalue weighted by Gasteiger charge is -2.14. The number of allylic oxidation sites excluding steroid dienone is 2. The highest BCUT2D eigenvalue weighted by atomic mass is 16.2. The lowest BCUT2D eigenvalue weighted by atomic mass is 10.1. The van der Waals surface area contributed by atoms with Gasteiger partial charge in [-0.2, -0.15) is 0 Å². The van der Waals surface area contributed by atoms with Crippen LogP contribution in [0.3, 0.4) is 0 Å². The van der Waals surface area contributed by atoms with E-state index < -0.39 is 0 Å². The van der Waals surface area contributed by atoms with Crippen molar-refractivity contribution in [2.45, 2.75) is 96.8 Å². The van der Waals surface area contributed by atoms with E-state index in [9.17, 15) is 4.79 Å². The highest BCUT2D eigenvalue weighted by molar-refractivity contribution is 6.02. The Kier molecular flexibility index (Phi) is 13.0. The number of hydrogen-bond acceptors (Lipinski definition) is 2. The van der Waals surface area contributed by atoms with E-state index in [4.69, 9.17) is 5.41 Å². The summed E-state index contributed by atoms with van der Waals surface area (Å²) in [5.74, 6) is 0.229. The summed E-state index contributed by atoms with van der Waals surface area (Å²) in [5.41, 5.74) is 0. The maximum absolute atomic E-state index is 11.1. The van der Waals surface area contributed by atoms with Crippen molar-refractivity contribution in [2.75, 3.05) is 13.1 Å². The quantitative estimate of drug-likeness (QED) is 0.290. The molecule has 144 valence electrons. The van der Waals surface area contributed by atoms with Crippen LogP contribution in [0.25, 0.3) is 0 Å². The molecule has 1 saturated heterocycles. The van der Waals surface area contributed by atoms with E-state index in [2.05, 4.69) is 24.4 Å². The molecule has 0 aliphatic carbocycles. The van der Waals surface area contributed by atoms with Crippen LogP contribution in [0.4, 0.5) is 0 Å². The zero-order valence-corrected chi connectivity index (χ0v) is 16.3. The first kappa shape index (κ1) is 21.7. The second-order valence-corrected chi connectivity index (χ2v) is 7.26. The van der Waals surface area contributed by atoms with Gasteiger partial charge in [-0.3, -0.25) is 15.5 Å². The van der Waals surface area contributed by atoms with Gasteiger partial charge in [0.05, 0.1) is 0 Å². The summed E-state index contributed by atoms with van der Waals surface area (Å²) in [4.78, 5) is 13.0. The van der Waals surface area contributed by atoms with Crippen LogP contribution in [0.5, 0.6) is 0 Å². The molecule has 0 aromatic heterocycles. The molecule has 1 fully saturated rings. The Labute approximate surface area is 154 Å². The third-order valence-electron chi connectivity index (χ3n) is 4.85. The van der Waals surface area contributed by atoms with Gasteiger partial charge in [-0.1, -0.05) is 76.9 Å². The Morgan fingerprint density at radius 1 is 0.880 bits per heavy atom. The number of carbonyl (C=O) groups excluding carboxylic acids is 1. The van der Waals surface area contributed by atoms with Gasteiger partial charge in [0, 0.05) is 6.54 Å². The van der Waals surface area contributed by atoms with E-state index in [1.165, 1.54) is 83.5 Å². The first-order valence-electron chi connectivity index (χ1n) is 10.5. The Balaban J connectivity index is 1.78. The molecule has 0 bridgehead atoms. The van der Waals surface area contributed by atoms with Crippen LogP contribution in [0.2, 0.25) is 0 Å². The molecule has 4 heteroatoms. The molecule has 0 radical (unpaired) electrons. The number of amides is 1. The molecular formula is C21H39N3O. The summed E-state index contributed by atoms with van der Waals surface area (Å²) >= 11 is 0. The Morgan fingerprint density at radius 2 is 1.40 bits per heavy atom. The molecule has 1 amide bonds. The molecule has 4 nitrogen and oxygen atoms in total. The number of rotatable bonds is 16. The Bertz CT molecular complexity index is 393. The predicted octanol–water partition coefficient (Wildman–Crippen LogP) is 5.39. The maximum Gasteiger partial charge on any atom is 0.246 e. The summed E-state index contributed by atoms with van der Waals surface area (Å²) in [5, 5.41) is 10.1. The van der Waals surface area contributed by atoms with Crippen molar-refractivity contribution in [3.8, 4) is 0 Å². The molecule has 2 N–H and O–H groups in total. The largest absolute Gasteiger partial charge is 0.334 e. The molecule has 0 atom stereocenters. The van der Waals surface area contributed by atoms with Gasteiger partial charge in [0.1, 0.15) is 6.54 Å². The average Bonchev–Trinajstić information content (AvgIpc) is 2.92. The monoisotopic (exact) mass is 349 g/mol. The number of nitrogens with zero attached hydrogens (tertiary/aromatic N) is 1. The standard InChI is InChI=1S/C21H39N3O/c1-2-3-4-5-6-7-8-9-10-11-12-13-14-15-16-17-18-24-19-20(25)23-21(24)22/h9-10H,2-8,11-19H2,1H3,(H2,22,23,25)/b10-9-. The van der Waals surface area contributed by atoms with Gasteiger partial charge in [-0.25, -0.2) is 0 Å². The number of carbonyl (C=O) groups is 1. The number of nitrogens with one attached hydrogen (secondary N) is 2. The molecule has 0 aromatic rings.